The van der Waals surface area contributed by atoms with Crippen molar-refractivity contribution < 1.29 is 9.52 Å². The molecule has 0 aliphatic heterocycles. The van der Waals surface area contributed by atoms with Crippen molar-refractivity contribution in [1.29, 1.82) is 0 Å². The molecule has 1 heterocycles. The van der Waals surface area contributed by atoms with Crippen molar-refractivity contribution in [3.8, 4) is 0 Å². The van der Waals surface area contributed by atoms with Gasteiger partial charge in [0, 0.05) is 0 Å². The van der Waals surface area contributed by atoms with Crippen LogP contribution in [0.2, 0.25) is 0 Å². The predicted octanol–water partition coefficient (Wildman–Crippen LogP) is 0.720. The van der Waals surface area contributed by atoms with Gasteiger partial charge in [0.1, 0.15) is 5.76 Å². The second kappa shape index (κ2) is 2.92. The number of aromatic amines is 1. The molecule has 11 heavy (non-hydrogen) atoms. The molecule has 0 aromatic carbocycles. The minimum Gasteiger partial charge on any atom is -0.413 e. The Labute approximate surface area is 63.9 Å². The molecule has 1 unspecified atom stereocenters. The van der Waals surface area contributed by atoms with Crippen LogP contribution in [-0.4, -0.2) is 10.1 Å². The molecule has 0 aliphatic rings. The normalized spacial score (nSPS) is 13.4. The number of hydrogen-bond acceptors (Lipinski definition) is 3. The van der Waals surface area contributed by atoms with Crippen molar-refractivity contribution in [3.05, 3.63) is 22.0 Å². The molecule has 0 radical (unpaired) electrons. The van der Waals surface area contributed by atoms with E-state index in [1.165, 1.54) is 0 Å². The van der Waals surface area contributed by atoms with Gasteiger partial charge in [0.25, 0.3) is 0 Å². The van der Waals surface area contributed by atoms with Crippen LogP contribution in [0.5, 0.6) is 0 Å². The summed E-state index contributed by atoms with van der Waals surface area (Å²) in [6.45, 7) is 3.47. The van der Waals surface area contributed by atoms with Crippen LogP contribution in [-0.2, 0) is 0 Å². The molecule has 0 fully saturated rings. The third-order valence-corrected chi connectivity index (χ3v) is 1.58. The quantitative estimate of drug-likeness (QED) is 0.664. The Kier molecular flexibility index (Phi) is 2.14. The second-order valence-electron chi connectivity index (χ2n) is 2.41. The van der Waals surface area contributed by atoms with Crippen LogP contribution < -0.4 is 5.76 Å². The maximum Gasteiger partial charge on any atom is 0.416 e. The average molecular weight is 157 g/mol. The Morgan fingerprint density at radius 3 is 2.73 bits per heavy atom. The van der Waals surface area contributed by atoms with E-state index in [0.29, 0.717) is 17.9 Å². The van der Waals surface area contributed by atoms with Gasteiger partial charge in [-0.2, -0.15) is 0 Å². The fraction of sp³-hybridized carbons (Fsp3) is 0.571. The smallest absolute Gasteiger partial charge is 0.413 e. The molecule has 0 amide bonds. The van der Waals surface area contributed by atoms with E-state index in [9.17, 15) is 9.90 Å². The number of H-pyrrole nitrogens is 1. The molecule has 0 saturated carbocycles. The van der Waals surface area contributed by atoms with E-state index in [1.54, 1.807) is 6.92 Å². The minimum atomic E-state index is -0.624. The fourth-order valence-electron chi connectivity index (χ4n) is 0.940. The zero-order valence-electron chi connectivity index (χ0n) is 6.55. The molecular weight excluding hydrogens is 146 g/mol. The minimum absolute atomic E-state index is 0.462. The lowest BCUT2D eigenvalue weighted by Gasteiger charge is -2.03. The Hall–Kier alpha value is -1.03. The molecule has 0 aliphatic carbocycles. The van der Waals surface area contributed by atoms with Gasteiger partial charge in [-0.15, -0.1) is 0 Å². The van der Waals surface area contributed by atoms with Crippen LogP contribution in [0.15, 0.2) is 9.21 Å². The number of aliphatic hydroxyl groups is 1. The maximum absolute atomic E-state index is 10.6. The van der Waals surface area contributed by atoms with Gasteiger partial charge in [-0.25, -0.2) is 4.79 Å². The lowest BCUT2D eigenvalue weighted by molar-refractivity contribution is 0.167. The summed E-state index contributed by atoms with van der Waals surface area (Å²) in [5.41, 5.74) is 0.484. The molecule has 0 bridgehead atoms. The van der Waals surface area contributed by atoms with E-state index in [-0.39, 0.29) is 0 Å². The lowest BCUT2D eigenvalue weighted by atomic mass is 10.2. The predicted molar refractivity (Wildman–Crippen MR) is 39.3 cm³/mol. The Morgan fingerprint density at radius 1 is 1.73 bits per heavy atom. The fourth-order valence-corrected chi connectivity index (χ4v) is 0.940. The molecule has 1 aromatic heterocycles. The Bertz CT molecular complexity index is 286. The number of nitrogens with one attached hydrogen (secondary N) is 1. The molecule has 1 aromatic rings. The van der Waals surface area contributed by atoms with E-state index in [0.717, 1.165) is 0 Å². The number of rotatable bonds is 2. The highest BCUT2D eigenvalue weighted by Gasteiger charge is 2.12. The monoisotopic (exact) mass is 157 g/mol. The Balaban J connectivity index is 3.02. The summed E-state index contributed by atoms with van der Waals surface area (Å²) in [4.78, 5) is 13.0. The molecule has 0 saturated heterocycles. The standard InChI is InChI=1S/C7H11NO3/c1-3-5(9)6-4(2)11-7(10)8-6/h5,9H,3H2,1-2H3,(H,8,10). The van der Waals surface area contributed by atoms with E-state index in [2.05, 4.69) is 9.40 Å². The topological polar surface area (TPSA) is 66.2 Å². The first-order valence-electron chi connectivity index (χ1n) is 3.52. The molecule has 4 heteroatoms. The van der Waals surface area contributed by atoms with Crippen LogP contribution >= 0.6 is 0 Å². The van der Waals surface area contributed by atoms with E-state index < -0.39 is 11.9 Å². The SMILES string of the molecule is CCC(O)c1[nH]c(=O)oc1C. The molecule has 2 N–H and O–H groups in total. The second-order valence-corrected chi connectivity index (χ2v) is 2.41. The van der Waals surface area contributed by atoms with Gasteiger partial charge in [-0.05, 0) is 13.3 Å². The number of oxazole rings is 1. The first-order valence-corrected chi connectivity index (χ1v) is 3.52. The summed E-state index contributed by atoms with van der Waals surface area (Å²) in [7, 11) is 0. The summed E-state index contributed by atoms with van der Waals surface area (Å²) < 4.78 is 4.67. The summed E-state index contributed by atoms with van der Waals surface area (Å²) in [6, 6.07) is 0. The first kappa shape index (κ1) is 8.07. The van der Waals surface area contributed by atoms with Crippen molar-refractivity contribution in [2.24, 2.45) is 0 Å². The molecule has 4 nitrogen and oxygen atoms in total. The van der Waals surface area contributed by atoms with Crippen molar-refractivity contribution in [1.82, 2.24) is 4.98 Å². The molecular formula is C7H11NO3. The summed E-state index contributed by atoms with van der Waals surface area (Å²) >= 11 is 0. The van der Waals surface area contributed by atoms with Crippen LogP contribution in [0, 0.1) is 6.92 Å². The summed E-state index contributed by atoms with van der Waals surface area (Å²) in [5.74, 6) is -0.0469. The highest BCUT2D eigenvalue weighted by atomic mass is 16.4. The van der Waals surface area contributed by atoms with Crippen LogP contribution in [0.3, 0.4) is 0 Å². The van der Waals surface area contributed by atoms with Crippen molar-refractivity contribution in [2.45, 2.75) is 26.4 Å². The van der Waals surface area contributed by atoms with E-state index in [4.69, 9.17) is 0 Å². The van der Waals surface area contributed by atoms with Gasteiger partial charge in [0.05, 0.1) is 11.8 Å². The number of hydrogen-bond donors (Lipinski definition) is 2. The lowest BCUT2D eigenvalue weighted by Crippen LogP contribution is -2.01. The number of aliphatic hydroxyl groups excluding tert-OH is 1. The van der Waals surface area contributed by atoms with E-state index >= 15 is 0 Å². The third kappa shape index (κ3) is 1.51. The number of aromatic nitrogens is 1. The molecule has 1 atom stereocenters. The van der Waals surface area contributed by atoms with Crippen LogP contribution in [0.4, 0.5) is 0 Å². The van der Waals surface area contributed by atoms with Crippen molar-refractivity contribution >= 4 is 0 Å². The van der Waals surface area contributed by atoms with Crippen LogP contribution in [0.1, 0.15) is 30.9 Å². The summed E-state index contributed by atoms with van der Waals surface area (Å²) in [5, 5.41) is 9.29. The highest BCUT2D eigenvalue weighted by Crippen LogP contribution is 2.15. The summed E-state index contributed by atoms with van der Waals surface area (Å²) in [6.07, 6.45) is -0.0579. The van der Waals surface area contributed by atoms with E-state index in [1.807, 2.05) is 6.92 Å². The zero-order chi connectivity index (χ0) is 8.43. The van der Waals surface area contributed by atoms with Gasteiger partial charge in [0.2, 0.25) is 0 Å². The van der Waals surface area contributed by atoms with Crippen molar-refractivity contribution in [2.75, 3.05) is 0 Å². The molecule has 0 spiro atoms. The Morgan fingerprint density at radius 2 is 2.36 bits per heavy atom. The van der Waals surface area contributed by atoms with Gasteiger partial charge in [-0.1, -0.05) is 6.92 Å². The van der Waals surface area contributed by atoms with Gasteiger partial charge in [-0.3, -0.25) is 4.98 Å². The molecule has 62 valence electrons. The van der Waals surface area contributed by atoms with Crippen molar-refractivity contribution in [3.63, 3.8) is 0 Å². The van der Waals surface area contributed by atoms with Gasteiger partial charge < -0.3 is 9.52 Å². The zero-order valence-corrected chi connectivity index (χ0v) is 6.55. The third-order valence-electron chi connectivity index (χ3n) is 1.58. The average Bonchev–Trinajstić information content (AvgIpc) is 2.28. The first-order chi connectivity index (χ1) is 5.15. The van der Waals surface area contributed by atoms with Gasteiger partial charge >= 0.3 is 5.76 Å². The van der Waals surface area contributed by atoms with Gasteiger partial charge in [0.15, 0.2) is 0 Å². The highest BCUT2D eigenvalue weighted by molar-refractivity contribution is 5.07. The largest absolute Gasteiger partial charge is 0.416 e. The number of aryl methyl sites for hydroxylation is 1. The molecule has 1 rings (SSSR count). The maximum atomic E-state index is 10.6. The van der Waals surface area contributed by atoms with Crippen LogP contribution in [0.25, 0.3) is 0 Å².